The maximum Gasteiger partial charge on any atom is 0.220 e. The van der Waals surface area contributed by atoms with Gasteiger partial charge in [0.15, 0.2) is 0 Å². The van der Waals surface area contributed by atoms with Gasteiger partial charge in [-0.3, -0.25) is 4.79 Å². The first-order valence-corrected chi connectivity index (χ1v) is 9.56. The molecule has 1 aliphatic heterocycles. The van der Waals surface area contributed by atoms with Crippen LogP contribution in [0.25, 0.3) is 11.3 Å². The van der Waals surface area contributed by atoms with Crippen LogP contribution in [0.1, 0.15) is 37.9 Å². The van der Waals surface area contributed by atoms with Crippen LogP contribution in [0.4, 0.5) is 0 Å². The summed E-state index contributed by atoms with van der Waals surface area (Å²) in [5.41, 5.74) is 2.00. The zero-order chi connectivity index (χ0) is 18.2. The molecule has 0 spiro atoms. The summed E-state index contributed by atoms with van der Waals surface area (Å²) in [6.45, 7) is 1.74. The van der Waals surface area contributed by atoms with Gasteiger partial charge >= 0.3 is 0 Å². The van der Waals surface area contributed by atoms with E-state index in [0.29, 0.717) is 25.4 Å². The van der Waals surface area contributed by atoms with Crippen molar-refractivity contribution in [1.82, 2.24) is 20.2 Å². The Labute approximate surface area is 155 Å². The molecule has 138 valence electrons. The molecule has 0 unspecified atom stereocenters. The van der Waals surface area contributed by atoms with Crippen molar-refractivity contribution in [3.8, 4) is 11.3 Å². The minimum Gasteiger partial charge on any atom is -0.356 e. The van der Waals surface area contributed by atoms with Crippen LogP contribution >= 0.6 is 0 Å². The number of carbonyl (C=O) groups excluding carboxylic acids is 1. The second-order valence-electron chi connectivity index (χ2n) is 6.99. The number of amides is 1. The van der Waals surface area contributed by atoms with Gasteiger partial charge in [0.25, 0.3) is 0 Å². The second-order valence-corrected chi connectivity index (χ2v) is 6.99. The van der Waals surface area contributed by atoms with Gasteiger partial charge in [0.05, 0.1) is 5.69 Å². The molecule has 1 aliphatic rings. The molecule has 2 heterocycles. The van der Waals surface area contributed by atoms with Crippen LogP contribution in [0.15, 0.2) is 42.6 Å². The highest BCUT2D eigenvalue weighted by molar-refractivity contribution is 5.75. The molecule has 0 bridgehead atoms. The summed E-state index contributed by atoms with van der Waals surface area (Å²) in [6, 6.07) is 12.5. The fourth-order valence-electron chi connectivity index (χ4n) is 3.50. The van der Waals surface area contributed by atoms with Crippen molar-refractivity contribution < 1.29 is 4.79 Å². The summed E-state index contributed by atoms with van der Waals surface area (Å²) < 4.78 is 0. The van der Waals surface area contributed by atoms with Crippen molar-refractivity contribution in [2.45, 2.75) is 44.6 Å². The molecule has 1 amide bonds. The molecule has 2 aromatic rings. The molecule has 5 nitrogen and oxygen atoms in total. The third-order valence-corrected chi connectivity index (χ3v) is 5.07. The number of benzene rings is 1. The Morgan fingerprint density at radius 1 is 1.23 bits per heavy atom. The number of nitrogens with one attached hydrogen (secondary N) is 1. The van der Waals surface area contributed by atoms with Gasteiger partial charge in [0.2, 0.25) is 5.91 Å². The largest absolute Gasteiger partial charge is 0.356 e. The summed E-state index contributed by atoms with van der Waals surface area (Å²) in [6.07, 6.45) is 7.75. The van der Waals surface area contributed by atoms with Gasteiger partial charge in [-0.25, -0.2) is 9.97 Å². The average Bonchev–Trinajstić information content (AvgIpc) is 2.68. The minimum atomic E-state index is 0.128. The zero-order valence-electron chi connectivity index (χ0n) is 15.5. The van der Waals surface area contributed by atoms with Crippen LogP contribution in [-0.2, 0) is 11.2 Å². The van der Waals surface area contributed by atoms with Crippen molar-refractivity contribution in [3.63, 3.8) is 0 Å². The molecule has 0 radical (unpaired) electrons. The molecule has 1 atom stereocenters. The summed E-state index contributed by atoms with van der Waals surface area (Å²) in [5.74, 6) is 0.891. The van der Waals surface area contributed by atoms with Gasteiger partial charge in [0.1, 0.15) is 5.82 Å². The lowest BCUT2D eigenvalue weighted by molar-refractivity contribution is -0.121. The smallest absolute Gasteiger partial charge is 0.220 e. The molecule has 1 aromatic carbocycles. The number of hydrogen-bond donors (Lipinski definition) is 1. The third-order valence-electron chi connectivity index (χ3n) is 5.07. The van der Waals surface area contributed by atoms with E-state index in [-0.39, 0.29) is 5.91 Å². The normalized spacial score (nSPS) is 17.8. The lowest BCUT2D eigenvalue weighted by Crippen LogP contribution is -2.37. The number of aromatic nitrogens is 2. The molecule has 5 heteroatoms. The predicted octanol–water partition coefficient (Wildman–Crippen LogP) is 3.07. The summed E-state index contributed by atoms with van der Waals surface area (Å²) in [7, 11) is 2.17. The second kappa shape index (κ2) is 9.43. The third kappa shape index (κ3) is 5.36. The number of likely N-dealkylation sites (tertiary alicyclic amines) is 1. The molecule has 0 saturated carbocycles. The highest BCUT2D eigenvalue weighted by Gasteiger charge is 2.19. The molecule has 1 N–H and O–H groups in total. The van der Waals surface area contributed by atoms with Crippen LogP contribution in [0.3, 0.4) is 0 Å². The summed E-state index contributed by atoms with van der Waals surface area (Å²) >= 11 is 0. The topological polar surface area (TPSA) is 58.1 Å². The van der Waals surface area contributed by atoms with Gasteiger partial charge in [0, 0.05) is 37.2 Å². The van der Waals surface area contributed by atoms with E-state index in [1.54, 1.807) is 6.20 Å². The molecule has 1 aromatic heterocycles. The Morgan fingerprint density at radius 3 is 2.88 bits per heavy atom. The van der Waals surface area contributed by atoms with Crippen molar-refractivity contribution in [2.24, 2.45) is 0 Å². The van der Waals surface area contributed by atoms with E-state index >= 15 is 0 Å². The zero-order valence-corrected chi connectivity index (χ0v) is 15.5. The van der Waals surface area contributed by atoms with E-state index in [1.807, 2.05) is 36.4 Å². The van der Waals surface area contributed by atoms with Gasteiger partial charge in [-0.1, -0.05) is 36.8 Å². The maximum atomic E-state index is 12.1. The molecule has 1 saturated heterocycles. The quantitative estimate of drug-likeness (QED) is 0.832. The first kappa shape index (κ1) is 18.5. The number of rotatable bonds is 7. The lowest BCUT2D eigenvalue weighted by Gasteiger charge is -2.32. The van der Waals surface area contributed by atoms with E-state index in [2.05, 4.69) is 27.2 Å². The Morgan fingerprint density at radius 2 is 2.08 bits per heavy atom. The fraction of sp³-hybridized carbons (Fsp3) is 0.476. The fourth-order valence-corrected chi connectivity index (χ4v) is 3.50. The highest BCUT2D eigenvalue weighted by atomic mass is 16.1. The van der Waals surface area contributed by atoms with E-state index in [4.69, 9.17) is 0 Å². The molecule has 0 aliphatic carbocycles. The van der Waals surface area contributed by atoms with Crippen molar-refractivity contribution >= 4 is 5.91 Å². The standard InChI is InChI=1S/C21H28N4O/c1-25-16-6-5-9-18(25)10-11-21(26)23-15-13-20-22-14-12-19(24-20)17-7-3-2-4-8-17/h2-4,7-8,12,14,18H,5-6,9-11,13,15-16H2,1H3,(H,23,26)/t18-/m0/s1. The average molecular weight is 352 g/mol. The predicted molar refractivity (Wildman–Crippen MR) is 104 cm³/mol. The Hall–Kier alpha value is -2.27. The van der Waals surface area contributed by atoms with Crippen molar-refractivity contribution in [3.05, 3.63) is 48.4 Å². The molecule has 1 fully saturated rings. The van der Waals surface area contributed by atoms with E-state index < -0.39 is 0 Å². The molecule has 3 rings (SSSR count). The van der Waals surface area contributed by atoms with Crippen LogP contribution in [0.2, 0.25) is 0 Å². The Kier molecular flexibility index (Phi) is 6.72. The Balaban J connectivity index is 1.42. The number of piperidine rings is 1. The van der Waals surface area contributed by atoms with Crippen molar-refractivity contribution in [2.75, 3.05) is 20.1 Å². The van der Waals surface area contributed by atoms with E-state index in [1.165, 1.54) is 19.3 Å². The van der Waals surface area contributed by atoms with Gasteiger partial charge < -0.3 is 10.2 Å². The van der Waals surface area contributed by atoms with Gasteiger partial charge in [-0.15, -0.1) is 0 Å². The molecular weight excluding hydrogens is 324 g/mol. The highest BCUT2D eigenvalue weighted by Crippen LogP contribution is 2.19. The van der Waals surface area contributed by atoms with Crippen LogP contribution in [0.5, 0.6) is 0 Å². The number of nitrogens with zero attached hydrogens (tertiary/aromatic N) is 3. The van der Waals surface area contributed by atoms with Crippen molar-refractivity contribution in [1.29, 1.82) is 0 Å². The lowest BCUT2D eigenvalue weighted by atomic mass is 9.98. The van der Waals surface area contributed by atoms with Crippen LogP contribution < -0.4 is 5.32 Å². The Bertz CT molecular complexity index is 704. The minimum absolute atomic E-state index is 0.128. The summed E-state index contributed by atoms with van der Waals surface area (Å²) in [4.78, 5) is 23.4. The van der Waals surface area contributed by atoms with E-state index in [9.17, 15) is 4.79 Å². The SMILES string of the molecule is CN1CCCC[C@H]1CCC(=O)NCCc1nccc(-c2ccccc2)n1. The molecular formula is C21H28N4O. The van der Waals surface area contributed by atoms with Crippen LogP contribution in [-0.4, -0.2) is 47.0 Å². The number of hydrogen-bond acceptors (Lipinski definition) is 4. The first-order valence-electron chi connectivity index (χ1n) is 9.56. The van der Waals surface area contributed by atoms with Gasteiger partial charge in [-0.05, 0) is 38.9 Å². The maximum absolute atomic E-state index is 12.1. The van der Waals surface area contributed by atoms with Gasteiger partial charge in [-0.2, -0.15) is 0 Å². The monoisotopic (exact) mass is 352 g/mol. The number of carbonyl (C=O) groups is 1. The van der Waals surface area contributed by atoms with Crippen LogP contribution in [0, 0.1) is 0 Å². The molecule has 26 heavy (non-hydrogen) atoms. The first-order chi connectivity index (χ1) is 12.7. The van der Waals surface area contributed by atoms with E-state index in [0.717, 1.165) is 30.0 Å². The summed E-state index contributed by atoms with van der Waals surface area (Å²) in [5, 5.41) is 3.01.